The Morgan fingerprint density at radius 2 is 1.67 bits per heavy atom. The Labute approximate surface area is 147 Å². The van der Waals surface area contributed by atoms with Gasteiger partial charge in [-0.3, -0.25) is 10.1 Å². The zero-order valence-corrected chi connectivity index (χ0v) is 15.0. The van der Waals surface area contributed by atoms with E-state index in [2.05, 4.69) is 21.2 Å². The van der Waals surface area contributed by atoms with E-state index in [-0.39, 0.29) is 5.69 Å². The summed E-state index contributed by atoms with van der Waals surface area (Å²) in [6.45, 7) is 0.325. The molecule has 0 amide bonds. The minimum atomic E-state index is -0.432. The minimum Gasteiger partial charge on any atom is -0.496 e. The first kappa shape index (κ1) is 17.9. The zero-order valence-electron chi connectivity index (χ0n) is 13.5. The number of halogens is 1. The molecule has 8 heteroatoms. The number of benzene rings is 2. The van der Waals surface area contributed by atoms with Crippen molar-refractivity contribution in [2.24, 2.45) is 0 Å². The normalized spacial score (nSPS) is 10.2. The van der Waals surface area contributed by atoms with E-state index in [1.807, 2.05) is 0 Å². The topological polar surface area (TPSA) is 82.9 Å². The van der Waals surface area contributed by atoms with Crippen LogP contribution in [0.3, 0.4) is 0 Å². The van der Waals surface area contributed by atoms with Crippen molar-refractivity contribution in [1.82, 2.24) is 0 Å². The summed E-state index contributed by atoms with van der Waals surface area (Å²) in [5.41, 5.74) is 1.19. The molecule has 1 N–H and O–H groups in total. The number of anilines is 1. The summed E-state index contributed by atoms with van der Waals surface area (Å²) >= 11 is 3.24. The molecule has 2 aromatic rings. The van der Waals surface area contributed by atoms with Crippen LogP contribution in [0.5, 0.6) is 17.2 Å². The van der Waals surface area contributed by atoms with Crippen molar-refractivity contribution in [2.45, 2.75) is 6.54 Å². The molecule has 0 aliphatic heterocycles. The van der Waals surface area contributed by atoms with Crippen LogP contribution >= 0.6 is 15.9 Å². The molecule has 0 aliphatic rings. The van der Waals surface area contributed by atoms with E-state index in [0.29, 0.717) is 34.0 Å². The molecule has 0 heterocycles. The lowest BCUT2D eigenvalue weighted by Crippen LogP contribution is -2.05. The number of nitrogens with zero attached hydrogens (tertiary/aromatic N) is 1. The van der Waals surface area contributed by atoms with Crippen LogP contribution in [-0.2, 0) is 6.54 Å². The quantitative estimate of drug-likeness (QED) is 0.562. The third kappa shape index (κ3) is 3.88. The van der Waals surface area contributed by atoms with Gasteiger partial charge in [0.05, 0.1) is 26.3 Å². The summed E-state index contributed by atoms with van der Waals surface area (Å²) in [5.74, 6) is 1.70. The van der Waals surface area contributed by atoms with Crippen molar-refractivity contribution in [3.63, 3.8) is 0 Å². The number of nitrogens with one attached hydrogen (secondary N) is 1. The summed E-state index contributed by atoms with van der Waals surface area (Å²) in [4.78, 5) is 10.7. The van der Waals surface area contributed by atoms with Gasteiger partial charge in [-0.1, -0.05) is 15.9 Å². The lowest BCUT2D eigenvalue weighted by molar-refractivity contribution is -0.384. The van der Waals surface area contributed by atoms with Crippen molar-refractivity contribution >= 4 is 27.3 Å². The predicted octanol–water partition coefficient (Wildman–Crippen LogP) is 4.00. The molecule has 0 atom stereocenters. The maximum Gasteiger partial charge on any atom is 0.293 e. The van der Waals surface area contributed by atoms with Gasteiger partial charge in [0, 0.05) is 28.7 Å². The Kier molecular flexibility index (Phi) is 5.86. The molecule has 2 aromatic carbocycles. The third-order valence-corrected chi connectivity index (χ3v) is 3.91. The molecule has 0 aromatic heterocycles. The number of methoxy groups -OCH3 is 3. The minimum absolute atomic E-state index is 0.0104. The second-order valence-corrected chi connectivity index (χ2v) is 5.71. The van der Waals surface area contributed by atoms with Crippen LogP contribution in [-0.4, -0.2) is 26.3 Å². The molecule has 128 valence electrons. The van der Waals surface area contributed by atoms with E-state index < -0.39 is 4.92 Å². The van der Waals surface area contributed by atoms with Gasteiger partial charge in [0.25, 0.3) is 5.69 Å². The average molecular weight is 397 g/mol. The fourth-order valence-corrected chi connectivity index (χ4v) is 2.58. The standard InChI is InChI=1S/C16H17BrN2O5/c1-22-14-8-16(24-3)15(23-2)6-10(14)9-18-12-5-4-11(17)7-13(12)19(20)21/h4-8,18H,9H2,1-3H3. The molecule has 0 unspecified atom stereocenters. The van der Waals surface area contributed by atoms with Crippen LogP contribution in [0.2, 0.25) is 0 Å². The van der Waals surface area contributed by atoms with Crippen molar-refractivity contribution in [2.75, 3.05) is 26.6 Å². The van der Waals surface area contributed by atoms with Gasteiger partial charge in [0.2, 0.25) is 0 Å². The monoisotopic (exact) mass is 396 g/mol. The van der Waals surface area contributed by atoms with Crippen molar-refractivity contribution in [1.29, 1.82) is 0 Å². The lowest BCUT2D eigenvalue weighted by Gasteiger charge is -2.15. The molecule has 0 aliphatic carbocycles. The number of hydrogen-bond donors (Lipinski definition) is 1. The van der Waals surface area contributed by atoms with Crippen molar-refractivity contribution < 1.29 is 19.1 Å². The molecular formula is C16H17BrN2O5. The molecular weight excluding hydrogens is 380 g/mol. The first-order chi connectivity index (χ1) is 11.5. The van der Waals surface area contributed by atoms with Crippen LogP contribution in [0.25, 0.3) is 0 Å². The SMILES string of the molecule is COc1cc(OC)c(OC)cc1CNc1ccc(Br)cc1[N+](=O)[O-]. The fraction of sp³-hybridized carbons (Fsp3) is 0.250. The van der Waals surface area contributed by atoms with E-state index in [1.165, 1.54) is 6.07 Å². The second-order valence-electron chi connectivity index (χ2n) is 4.79. The van der Waals surface area contributed by atoms with Crippen LogP contribution in [0, 0.1) is 10.1 Å². The van der Waals surface area contributed by atoms with Gasteiger partial charge in [-0.25, -0.2) is 0 Å². The molecule has 0 bridgehead atoms. The highest BCUT2D eigenvalue weighted by Gasteiger charge is 2.16. The van der Waals surface area contributed by atoms with E-state index >= 15 is 0 Å². The number of ether oxygens (including phenoxy) is 3. The molecule has 2 rings (SSSR count). The Balaban J connectivity index is 2.31. The van der Waals surface area contributed by atoms with Gasteiger partial charge >= 0.3 is 0 Å². The summed E-state index contributed by atoms with van der Waals surface area (Å²) in [6, 6.07) is 8.33. The van der Waals surface area contributed by atoms with Crippen LogP contribution in [0.15, 0.2) is 34.8 Å². The molecule has 0 saturated heterocycles. The summed E-state index contributed by atoms with van der Waals surface area (Å²) in [5, 5.41) is 14.2. The van der Waals surface area contributed by atoms with Gasteiger partial charge in [-0.15, -0.1) is 0 Å². The van der Waals surface area contributed by atoms with Crippen LogP contribution in [0.1, 0.15) is 5.56 Å². The highest BCUT2D eigenvalue weighted by Crippen LogP contribution is 2.35. The highest BCUT2D eigenvalue weighted by molar-refractivity contribution is 9.10. The van der Waals surface area contributed by atoms with Gasteiger partial charge in [-0.05, 0) is 18.2 Å². The maximum atomic E-state index is 11.2. The lowest BCUT2D eigenvalue weighted by atomic mass is 10.1. The van der Waals surface area contributed by atoms with Gasteiger partial charge in [0.1, 0.15) is 11.4 Å². The Morgan fingerprint density at radius 3 is 2.25 bits per heavy atom. The highest BCUT2D eigenvalue weighted by atomic mass is 79.9. The summed E-state index contributed by atoms with van der Waals surface area (Å²) < 4.78 is 16.5. The van der Waals surface area contributed by atoms with Gasteiger partial charge < -0.3 is 19.5 Å². The van der Waals surface area contributed by atoms with Gasteiger partial charge in [-0.2, -0.15) is 0 Å². The number of nitro benzene ring substituents is 1. The van der Waals surface area contributed by atoms with Crippen LogP contribution in [0.4, 0.5) is 11.4 Å². The molecule has 24 heavy (non-hydrogen) atoms. The smallest absolute Gasteiger partial charge is 0.293 e. The van der Waals surface area contributed by atoms with Crippen molar-refractivity contribution in [3.05, 3.63) is 50.5 Å². The predicted molar refractivity (Wildman–Crippen MR) is 94.2 cm³/mol. The molecule has 0 radical (unpaired) electrons. The number of hydrogen-bond acceptors (Lipinski definition) is 6. The third-order valence-electron chi connectivity index (χ3n) is 3.41. The molecule has 0 saturated carbocycles. The Bertz CT molecular complexity index is 751. The van der Waals surface area contributed by atoms with E-state index in [1.54, 1.807) is 45.6 Å². The van der Waals surface area contributed by atoms with Gasteiger partial charge in [0.15, 0.2) is 11.5 Å². The Morgan fingerprint density at radius 1 is 1.04 bits per heavy atom. The maximum absolute atomic E-state index is 11.2. The van der Waals surface area contributed by atoms with E-state index in [4.69, 9.17) is 14.2 Å². The first-order valence-electron chi connectivity index (χ1n) is 6.96. The average Bonchev–Trinajstić information content (AvgIpc) is 2.59. The van der Waals surface area contributed by atoms with Crippen LogP contribution < -0.4 is 19.5 Å². The van der Waals surface area contributed by atoms with Crippen molar-refractivity contribution in [3.8, 4) is 17.2 Å². The number of rotatable bonds is 7. The van der Waals surface area contributed by atoms with E-state index in [9.17, 15) is 10.1 Å². The Hall–Kier alpha value is -2.48. The molecule has 0 fully saturated rings. The zero-order chi connectivity index (χ0) is 17.7. The molecule has 0 spiro atoms. The second kappa shape index (κ2) is 7.87. The first-order valence-corrected chi connectivity index (χ1v) is 7.76. The fourth-order valence-electron chi connectivity index (χ4n) is 2.23. The number of nitro groups is 1. The van der Waals surface area contributed by atoms with E-state index in [0.717, 1.165) is 5.56 Å². The summed E-state index contributed by atoms with van der Waals surface area (Å²) in [6.07, 6.45) is 0. The summed E-state index contributed by atoms with van der Waals surface area (Å²) in [7, 11) is 4.63. The largest absolute Gasteiger partial charge is 0.496 e. The molecule has 7 nitrogen and oxygen atoms in total.